The molecule has 0 spiro atoms. The predicted octanol–water partition coefficient (Wildman–Crippen LogP) is 1.03. The van der Waals surface area contributed by atoms with Crippen molar-refractivity contribution in [1.82, 2.24) is 14.6 Å². The van der Waals surface area contributed by atoms with Gasteiger partial charge in [-0.1, -0.05) is 0 Å². The van der Waals surface area contributed by atoms with Gasteiger partial charge in [0.25, 0.3) is 0 Å². The van der Waals surface area contributed by atoms with Gasteiger partial charge in [0, 0.05) is 6.20 Å². The van der Waals surface area contributed by atoms with E-state index < -0.39 is 5.97 Å². The molecule has 0 aliphatic carbocycles. The van der Waals surface area contributed by atoms with Gasteiger partial charge in [0.15, 0.2) is 11.3 Å². The summed E-state index contributed by atoms with van der Waals surface area (Å²) < 4.78 is 2.14. The van der Waals surface area contributed by atoms with E-state index in [2.05, 4.69) is 32.7 Å². The second-order valence-corrected chi connectivity index (χ2v) is 3.53. The van der Waals surface area contributed by atoms with Gasteiger partial charge in [0.05, 0.1) is 9.77 Å². The largest absolute Gasteiger partial charge is 0.477 e. The quantitative estimate of drug-likeness (QED) is 0.796. The first-order valence-corrected chi connectivity index (χ1v) is 4.49. The van der Waals surface area contributed by atoms with Crippen molar-refractivity contribution in [3.63, 3.8) is 0 Å². The Labute approximate surface area is 86.5 Å². The molecule has 2 heterocycles. The topological polar surface area (TPSA) is 67.5 Å². The first-order valence-electron chi connectivity index (χ1n) is 3.41. The van der Waals surface area contributed by atoms with E-state index in [0.717, 1.165) is 3.57 Å². The Hall–Kier alpha value is -1.18. The molecule has 0 fully saturated rings. The maximum absolute atomic E-state index is 10.7. The fourth-order valence-corrected chi connectivity index (χ4v) is 1.52. The van der Waals surface area contributed by atoms with Gasteiger partial charge in [0.1, 0.15) is 0 Å². The zero-order valence-electron chi connectivity index (χ0n) is 6.31. The van der Waals surface area contributed by atoms with Crippen LogP contribution in [0.25, 0.3) is 5.65 Å². The molecule has 0 saturated carbocycles. The SMILES string of the molecule is O=C(O)c1ccnc2c(I)cnn12. The van der Waals surface area contributed by atoms with Crippen LogP contribution in [0.2, 0.25) is 0 Å². The molecule has 13 heavy (non-hydrogen) atoms. The Bertz CT molecular complexity index is 480. The molecule has 0 bridgehead atoms. The smallest absolute Gasteiger partial charge is 0.354 e. The first-order chi connectivity index (χ1) is 6.20. The van der Waals surface area contributed by atoms with Crippen molar-refractivity contribution in [3.05, 3.63) is 27.7 Å². The predicted molar refractivity (Wildman–Crippen MR) is 52.7 cm³/mol. The number of carbonyl (C=O) groups is 1. The zero-order chi connectivity index (χ0) is 9.42. The number of aromatic carboxylic acids is 1. The molecule has 5 nitrogen and oxygen atoms in total. The lowest BCUT2D eigenvalue weighted by atomic mass is 10.4. The van der Waals surface area contributed by atoms with Gasteiger partial charge < -0.3 is 5.11 Å². The van der Waals surface area contributed by atoms with E-state index in [0.29, 0.717) is 5.65 Å². The molecule has 0 amide bonds. The summed E-state index contributed by atoms with van der Waals surface area (Å²) in [6, 6.07) is 1.42. The highest BCUT2D eigenvalue weighted by Crippen LogP contribution is 2.11. The number of fused-ring (bicyclic) bond motifs is 1. The summed E-state index contributed by atoms with van der Waals surface area (Å²) in [4.78, 5) is 14.7. The second kappa shape index (κ2) is 2.95. The Morgan fingerprint density at radius 2 is 2.38 bits per heavy atom. The van der Waals surface area contributed by atoms with Gasteiger partial charge in [-0.2, -0.15) is 5.10 Å². The highest BCUT2D eigenvalue weighted by atomic mass is 127. The monoisotopic (exact) mass is 289 g/mol. The van der Waals surface area contributed by atoms with Crippen molar-refractivity contribution in [1.29, 1.82) is 0 Å². The van der Waals surface area contributed by atoms with Crippen LogP contribution in [-0.4, -0.2) is 25.7 Å². The van der Waals surface area contributed by atoms with Crippen LogP contribution in [-0.2, 0) is 0 Å². The molecule has 0 saturated heterocycles. The van der Waals surface area contributed by atoms with Crippen molar-refractivity contribution < 1.29 is 9.90 Å². The molecule has 1 N–H and O–H groups in total. The number of hydrogen-bond donors (Lipinski definition) is 1. The van der Waals surface area contributed by atoms with E-state index in [1.807, 2.05) is 0 Å². The third-order valence-electron chi connectivity index (χ3n) is 1.58. The van der Waals surface area contributed by atoms with Crippen LogP contribution in [0, 0.1) is 3.57 Å². The number of rotatable bonds is 1. The number of carboxylic acids is 1. The molecular weight excluding hydrogens is 285 g/mol. The molecule has 2 aromatic heterocycles. The van der Waals surface area contributed by atoms with Crippen LogP contribution in [0.15, 0.2) is 18.5 Å². The fraction of sp³-hybridized carbons (Fsp3) is 0. The fourth-order valence-electron chi connectivity index (χ4n) is 1.03. The van der Waals surface area contributed by atoms with Crippen molar-refractivity contribution >= 4 is 34.2 Å². The van der Waals surface area contributed by atoms with Crippen LogP contribution >= 0.6 is 22.6 Å². The Morgan fingerprint density at radius 1 is 1.62 bits per heavy atom. The van der Waals surface area contributed by atoms with Crippen molar-refractivity contribution in [2.45, 2.75) is 0 Å². The van der Waals surface area contributed by atoms with E-state index in [9.17, 15) is 4.79 Å². The summed E-state index contributed by atoms with van der Waals surface area (Å²) in [6.45, 7) is 0. The van der Waals surface area contributed by atoms with E-state index >= 15 is 0 Å². The number of hydrogen-bond acceptors (Lipinski definition) is 3. The minimum atomic E-state index is -1.01. The van der Waals surface area contributed by atoms with Crippen molar-refractivity contribution in [3.8, 4) is 0 Å². The van der Waals surface area contributed by atoms with Crippen molar-refractivity contribution in [2.24, 2.45) is 0 Å². The molecule has 66 valence electrons. The lowest BCUT2D eigenvalue weighted by molar-refractivity contribution is 0.0687. The normalized spacial score (nSPS) is 10.5. The minimum Gasteiger partial charge on any atom is -0.477 e. The summed E-state index contributed by atoms with van der Waals surface area (Å²) in [7, 11) is 0. The summed E-state index contributed by atoms with van der Waals surface area (Å²) in [5.74, 6) is -1.01. The maximum Gasteiger partial charge on any atom is 0.354 e. The minimum absolute atomic E-state index is 0.118. The second-order valence-electron chi connectivity index (χ2n) is 2.36. The molecule has 6 heteroatoms. The molecule has 0 radical (unpaired) electrons. The van der Waals surface area contributed by atoms with Gasteiger partial charge in [-0.05, 0) is 28.7 Å². The summed E-state index contributed by atoms with van der Waals surface area (Å²) in [5.41, 5.74) is 0.688. The average molecular weight is 289 g/mol. The van der Waals surface area contributed by atoms with Crippen molar-refractivity contribution in [2.75, 3.05) is 0 Å². The number of halogens is 1. The van der Waals surface area contributed by atoms with Crippen LogP contribution in [0.4, 0.5) is 0 Å². The van der Waals surface area contributed by atoms with Crippen LogP contribution < -0.4 is 0 Å². The summed E-state index contributed by atoms with van der Waals surface area (Å²) in [6.07, 6.45) is 3.04. The Balaban J connectivity index is 2.84. The standard InChI is InChI=1S/C7H4IN3O2/c8-4-3-10-11-5(7(12)13)1-2-9-6(4)11/h1-3H,(H,12,13). The van der Waals surface area contributed by atoms with Gasteiger partial charge >= 0.3 is 5.97 Å². The maximum atomic E-state index is 10.7. The van der Waals surface area contributed by atoms with Gasteiger partial charge in [-0.15, -0.1) is 0 Å². The van der Waals surface area contributed by atoms with E-state index in [4.69, 9.17) is 5.11 Å². The average Bonchev–Trinajstić information content (AvgIpc) is 2.48. The highest BCUT2D eigenvalue weighted by molar-refractivity contribution is 14.1. The molecule has 0 aromatic carbocycles. The molecule has 0 unspecified atom stereocenters. The lowest BCUT2D eigenvalue weighted by Crippen LogP contribution is -2.06. The molecule has 0 aliphatic rings. The number of carboxylic acid groups (broad SMARTS) is 1. The van der Waals surface area contributed by atoms with Gasteiger partial charge in [-0.3, -0.25) is 0 Å². The number of aromatic nitrogens is 3. The van der Waals surface area contributed by atoms with Crippen LogP contribution in [0.5, 0.6) is 0 Å². The van der Waals surface area contributed by atoms with E-state index in [-0.39, 0.29) is 5.69 Å². The molecule has 2 rings (SSSR count). The highest BCUT2D eigenvalue weighted by Gasteiger charge is 2.10. The molecule has 2 aromatic rings. The summed E-state index contributed by atoms with van der Waals surface area (Å²) in [5, 5.41) is 12.7. The zero-order valence-corrected chi connectivity index (χ0v) is 8.46. The molecule has 0 atom stereocenters. The Kier molecular flexibility index (Phi) is 1.91. The Morgan fingerprint density at radius 3 is 3.08 bits per heavy atom. The van der Waals surface area contributed by atoms with Crippen LogP contribution in [0.3, 0.4) is 0 Å². The van der Waals surface area contributed by atoms with Crippen LogP contribution in [0.1, 0.15) is 10.5 Å². The van der Waals surface area contributed by atoms with E-state index in [1.54, 1.807) is 6.20 Å². The van der Waals surface area contributed by atoms with Gasteiger partial charge in [-0.25, -0.2) is 14.3 Å². The molecular formula is C7H4IN3O2. The summed E-state index contributed by atoms with van der Waals surface area (Å²) >= 11 is 2.05. The molecule has 0 aliphatic heterocycles. The number of nitrogens with zero attached hydrogens (tertiary/aromatic N) is 3. The first kappa shape index (κ1) is 8.42. The third-order valence-corrected chi connectivity index (χ3v) is 2.34. The lowest BCUT2D eigenvalue weighted by Gasteiger charge is -1.97. The third kappa shape index (κ3) is 1.26. The van der Waals surface area contributed by atoms with Gasteiger partial charge in [0.2, 0.25) is 0 Å². The van der Waals surface area contributed by atoms with E-state index in [1.165, 1.54) is 16.8 Å².